The number of anilines is 2. The van der Waals surface area contributed by atoms with Crippen molar-refractivity contribution < 1.29 is 13.2 Å². The molecule has 2 heterocycles. The molecule has 0 bridgehead atoms. The van der Waals surface area contributed by atoms with Crippen molar-refractivity contribution in [1.29, 1.82) is 0 Å². The Morgan fingerprint density at radius 2 is 1.97 bits per heavy atom. The average Bonchev–Trinajstić information content (AvgIpc) is 2.79. The van der Waals surface area contributed by atoms with Crippen LogP contribution in [-0.4, -0.2) is 55.2 Å². The van der Waals surface area contributed by atoms with Crippen molar-refractivity contribution in [1.82, 2.24) is 15.1 Å². The molecule has 0 saturated heterocycles. The van der Waals surface area contributed by atoms with Crippen molar-refractivity contribution in [3.8, 4) is 17.1 Å². The van der Waals surface area contributed by atoms with Crippen molar-refractivity contribution in [2.75, 3.05) is 37.0 Å². The lowest BCUT2D eigenvalue weighted by Crippen LogP contribution is -2.34. The zero-order valence-corrected chi connectivity index (χ0v) is 20.2. The third kappa shape index (κ3) is 5.89. The summed E-state index contributed by atoms with van der Waals surface area (Å²) >= 11 is 0. The van der Waals surface area contributed by atoms with Crippen molar-refractivity contribution in [3.63, 3.8) is 0 Å². The van der Waals surface area contributed by atoms with Crippen LogP contribution in [0.2, 0.25) is 0 Å². The number of fused-ring (bicyclic) bond motifs is 1. The second-order valence-electron chi connectivity index (χ2n) is 8.44. The topological polar surface area (TPSA) is 84.4 Å². The second kappa shape index (κ2) is 9.89. The number of nitrogens with one attached hydrogen (secondary N) is 1. The van der Waals surface area contributed by atoms with Gasteiger partial charge in [-0.3, -0.25) is 4.90 Å². The maximum Gasteiger partial charge on any atom is 0.233 e. The van der Waals surface area contributed by atoms with E-state index in [4.69, 9.17) is 4.74 Å². The molecule has 1 aliphatic heterocycles. The Labute approximate surface area is 195 Å². The van der Waals surface area contributed by atoms with E-state index < -0.39 is 9.84 Å². The third-order valence-electron chi connectivity index (χ3n) is 5.85. The maximum atomic E-state index is 11.5. The van der Waals surface area contributed by atoms with Crippen LogP contribution in [0, 0.1) is 6.92 Å². The van der Waals surface area contributed by atoms with Crippen LogP contribution in [0.5, 0.6) is 5.88 Å². The number of benzene rings is 2. The maximum absolute atomic E-state index is 11.5. The molecule has 0 fully saturated rings. The van der Waals surface area contributed by atoms with E-state index in [1.165, 1.54) is 17.4 Å². The number of hydrogen-bond acceptors (Lipinski definition) is 7. The van der Waals surface area contributed by atoms with E-state index in [-0.39, 0.29) is 5.75 Å². The van der Waals surface area contributed by atoms with Crippen LogP contribution in [0.1, 0.15) is 23.6 Å². The van der Waals surface area contributed by atoms with E-state index in [0.29, 0.717) is 19.0 Å². The fraction of sp³-hybridized carbons (Fsp3) is 0.360. The number of ether oxygens (including phenoxy) is 1. The summed E-state index contributed by atoms with van der Waals surface area (Å²) < 4.78 is 28.5. The molecule has 1 N–H and O–H groups in total. The summed E-state index contributed by atoms with van der Waals surface area (Å²) in [6, 6.07) is 16.3. The first-order valence-electron chi connectivity index (χ1n) is 11.2. The third-order valence-corrected chi connectivity index (χ3v) is 6.77. The predicted molar refractivity (Wildman–Crippen MR) is 132 cm³/mol. The molecular weight excluding hydrogens is 436 g/mol. The Hall–Kier alpha value is -2.97. The van der Waals surface area contributed by atoms with Gasteiger partial charge in [-0.15, -0.1) is 10.2 Å². The van der Waals surface area contributed by atoms with Crippen LogP contribution >= 0.6 is 0 Å². The number of aryl methyl sites for hydroxylation is 1. The summed E-state index contributed by atoms with van der Waals surface area (Å²) in [6.45, 7) is 6.73. The summed E-state index contributed by atoms with van der Waals surface area (Å²) in [5, 5.41) is 12.1. The van der Waals surface area contributed by atoms with Gasteiger partial charge in [-0.1, -0.05) is 18.2 Å². The highest BCUT2D eigenvalue weighted by molar-refractivity contribution is 7.90. The van der Waals surface area contributed by atoms with Gasteiger partial charge in [-0.25, -0.2) is 8.42 Å². The highest BCUT2D eigenvalue weighted by Gasteiger charge is 2.20. The SMILES string of the molecule is CCOc1ccc(-c2cc(Nc3cccc4c3CCN(CCS(C)(=O)=O)C4)ccc2C)nn1. The Bertz CT molecular complexity index is 1230. The minimum absolute atomic E-state index is 0.195. The van der Waals surface area contributed by atoms with Crippen LogP contribution in [0.4, 0.5) is 11.4 Å². The molecule has 0 saturated carbocycles. The lowest BCUT2D eigenvalue weighted by atomic mass is 9.97. The van der Waals surface area contributed by atoms with Crippen LogP contribution in [0.25, 0.3) is 11.3 Å². The van der Waals surface area contributed by atoms with Gasteiger partial charge in [0.2, 0.25) is 5.88 Å². The van der Waals surface area contributed by atoms with Gasteiger partial charge in [0.15, 0.2) is 0 Å². The molecule has 4 rings (SSSR count). The number of aromatic nitrogens is 2. The monoisotopic (exact) mass is 466 g/mol. The molecule has 174 valence electrons. The van der Waals surface area contributed by atoms with Crippen LogP contribution < -0.4 is 10.1 Å². The molecule has 0 unspecified atom stereocenters. The summed E-state index contributed by atoms with van der Waals surface area (Å²) in [6.07, 6.45) is 2.17. The summed E-state index contributed by atoms with van der Waals surface area (Å²) in [4.78, 5) is 2.21. The lowest BCUT2D eigenvalue weighted by molar-refractivity contribution is 0.269. The summed E-state index contributed by atoms with van der Waals surface area (Å²) in [7, 11) is -2.96. The molecule has 3 aromatic rings. The van der Waals surface area contributed by atoms with Gasteiger partial charge in [-0.05, 0) is 61.2 Å². The minimum atomic E-state index is -2.96. The van der Waals surface area contributed by atoms with Crippen molar-refractivity contribution in [3.05, 3.63) is 65.2 Å². The molecule has 2 aromatic carbocycles. The smallest absolute Gasteiger partial charge is 0.233 e. The molecule has 0 atom stereocenters. The Kier molecular flexibility index (Phi) is 6.95. The summed E-state index contributed by atoms with van der Waals surface area (Å²) in [5.41, 5.74) is 7.54. The minimum Gasteiger partial charge on any atom is -0.477 e. The number of hydrogen-bond donors (Lipinski definition) is 1. The van der Waals surface area contributed by atoms with Crippen molar-refractivity contribution in [2.24, 2.45) is 0 Å². The first-order chi connectivity index (χ1) is 15.8. The quantitative estimate of drug-likeness (QED) is 0.537. The van der Waals surface area contributed by atoms with Gasteiger partial charge in [-0.2, -0.15) is 0 Å². The fourth-order valence-electron chi connectivity index (χ4n) is 4.09. The summed E-state index contributed by atoms with van der Waals surface area (Å²) in [5.74, 6) is 0.718. The molecule has 0 aliphatic carbocycles. The Morgan fingerprint density at radius 1 is 1.12 bits per heavy atom. The van der Waals surface area contributed by atoms with Gasteiger partial charge >= 0.3 is 0 Å². The Morgan fingerprint density at radius 3 is 2.70 bits per heavy atom. The Balaban J connectivity index is 1.53. The first kappa shape index (κ1) is 23.2. The van der Waals surface area contributed by atoms with Crippen molar-refractivity contribution in [2.45, 2.75) is 26.8 Å². The van der Waals surface area contributed by atoms with E-state index >= 15 is 0 Å². The van der Waals surface area contributed by atoms with Crippen LogP contribution in [-0.2, 0) is 22.8 Å². The van der Waals surface area contributed by atoms with E-state index in [2.05, 4.69) is 57.7 Å². The van der Waals surface area contributed by atoms with E-state index in [0.717, 1.165) is 47.7 Å². The van der Waals surface area contributed by atoms with Gasteiger partial charge in [0.25, 0.3) is 0 Å². The zero-order valence-electron chi connectivity index (χ0n) is 19.3. The zero-order chi connectivity index (χ0) is 23.4. The fourth-order valence-corrected chi connectivity index (χ4v) is 4.68. The van der Waals surface area contributed by atoms with Gasteiger partial charge < -0.3 is 10.1 Å². The molecule has 0 spiro atoms. The molecule has 7 nitrogen and oxygen atoms in total. The van der Waals surface area contributed by atoms with E-state index in [9.17, 15) is 8.42 Å². The predicted octanol–water partition coefficient (Wildman–Crippen LogP) is 4.00. The lowest BCUT2D eigenvalue weighted by Gasteiger charge is -2.30. The second-order valence-corrected chi connectivity index (χ2v) is 10.7. The molecule has 1 aliphatic rings. The van der Waals surface area contributed by atoms with E-state index in [1.54, 1.807) is 0 Å². The average molecular weight is 467 g/mol. The number of nitrogens with zero attached hydrogens (tertiary/aromatic N) is 3. The van der Waals surface area contributed by atoms with Crippen molar-refractivity contribution >= 4 is 21.2 Å². The number of sulfone groups is 1. The molecule has 8 heteroatoms. The van der Waals surface area contributed by atoms with Gasteiger partial charge in [0.05, 0.1) is 18.1 Å². The van der Waals surface area contributed by atoms with Crippen LogP contribution in [0.3, 0.4) is 0 Å². The molecule has 0 amide bonds. The molecule has 1 aromatic heterocycles. The highest BCUT2D eigenvalue weighted by atomic mass is 32.2. The normalized spacial score (nSPS) is 14.0. The largest absolute Gasteiger partial charge is 0.477 e. The van der Waals surface area contributed by atoms with Gasteiger partial charge in [0.1, 0.15) is 9.84 Å². The molecule has 0 radical (unpaired) electrons. The number of rotatable bonds is 8. The van der Waals surface area contributed by atoms with E-state index in [1.807, 2.05) is 25.1 Å². The standard InChI is InChI=1S/C25H30N4O3S/c1-4-32-25-11-10-24(27-28-25)22-16-20(9-8-18(22)2)26-23-7-5-6-19-17-29(13-12-21(19)23)14-15-33(3,30)31/h5-11,16,26H,4,12-15,17H2,1-3H3. The highest BCUT2D eigenvalue weighted by Crippen LogP contribution is 2.31. The van der Waals surface area contributed by atoms with Crippen LogP contribution in [0.15, 0.2) is 48.5 Å². The molecular formula is C25H30N4O3S. The first-order valence-corrected chi connectivity index (χ1v) is 13.2. The molecule has 33 heavy (non-hydrogen) atoms. The van der Waals surface area contributed by atoms with Gasteiger partial charge in [0, 0.05) is 48.9 Å².